The van der Waals surface area contributed by atoms with Crippen LogP contribution in [0.3, 0.4) is 0 Å². The van der Waals surface area contributed by atoms with E-state index in [0.29, 0.717) is 5.92 Å². The molecule has 1 aliphatic heterocycles. The molecule has 0 spiro atoms. The molecule has 3 nitrogen and oxygen atoms in total. The average Bonchev–Trinajstić information content (AvgIpc) is 2.51. The van der Waals surface area contributed by atoms with E-state index in [0.717, 1.165) is 19.4 Å². The summed E-state index contributed by atoms with van der Waals surface area (Å²) in [6.45, 7) is 9.30. The first-order valence-corrected chi connectivity index (χ1v) is 5.51. The van der Waals surface area contributed by atoms with E-state index in [1.54, 1.807) is 0 Å². The number of hydrogen-bond donors (Lipinski definition) is 2. The van der Waals surface area contributed by atoms with E-state index >= 15 is 0 Å². The van der Waals surface area contributed by atoms with E-state index in [1.165, 1.54) is 0 Å². The van der Waals surface area contributed by atoms with Crippen LogP contribution in [0.4, 0.5) is 0 Å². The molecular weight excluding hydrogens is 176 g/mol. The van der Waals surface area contributed by atoms with Crippen molar-refractivity contribution in [3.8, 4) is 0 Å². The Morgan fingerprint density at radius 2 is 2.21 bits per heavy atom. The van der Waals surface area contributed by atoms with Crippen molar-refractivity contribution in [1.29, 1.82) is 0 Å². The molecule has 3 heteroatoms. The normalized spacial score (nSPS) is 27.7. The van der Waals surface area contributed by atoms with Gasteiger partial charge in [0.05, 0.1) is 6.04 Å². The summed E-state index contributed by atoms with van der Waals surface area (Å²) >= 11 is 0. The van der Waals surface area contributed by atoms with Crippen LogP contribution < -0.4 is 10.6 Å². The van der Waals surface area contributed by atoms with Gasteiger partial charge in [-0.25, -0.2) is 0 Å². The third-order valence-corrected chi connectivity index (χ3v) is 3.16. The first kappa shape index (κ1) is 11.5. The SMILES string of the molecule is CCC(C)(C)NC(=O)C1NCCC1C. The van der Waals surface area contributed by atoms with Crippen LogP contribution in [-0.2, 0) is 4.79 Å². The molecule has 1 rings (SSSR count). The Kier molecular flexibility index (Phi) is 3.53. The van der Waals surface area contributed by atoms with Crippen molar-refractivity contribution in [3.05, 3.63) is 0 Å². The van der Waals surface area contributed by atoms with Crippen molar-refractivity contribution in [2.24, 2.45) is 5.92 Å². The highest BCUT2D eigenvalue weighted by atomic mass is 16.2. The number of carbonyl (C=O) groups is 1. The van der Waals surface area contributed by atoms with Gasteiger partial charge in [0.15, 0.2) is 0 Å². The van der Waals surface area contributed by atoms with Gasteiger partial charge in [-0.2, -0.15) is 0 Å². The highest BCUT2D eigenvalue weighted by Crippen LogP contribution is 2.16. The predicted molar refractivity (Wildman–Crippen MR) is 58.1 cm³/mol. The maximum Gasteiger partial charge on any atom is 0.237 e. The summed E-state index contributed by atoms with van der Waals surface area (Å²) in [5.41, 5.74) is -0.0823. The molecule has 1 aliphatic rings. The fourth-order valence-electron chi connectivity index (χ4n) is 1.69. The first-order chi connectivity index (χ1) is 6.46. The summed E-state index contributed by atoms with van der Waals surface area (Å²) in [6.07, 6.45) is 2.06. The Hall–Kier alpha value is -0.570. The van der Waals surface area contributed by atoms with Crippen LogP contribution in [0.25, 0.3) is 0 Å². The summed E-state index contributed by atoms with van der Waals surface area (Å²) in [7, 11) is 0. The number of nitrogens with one attached hydrogen (secondary N) is 2. The molecule has 1 saturated heterocycles. The highest BCUT2D eigenvalue weighted by molar-refractivity contribution is 5.83. The fraction of sp³-hybridized carbons (Fsp3) is 0.909. The lowest BCUT2D eigenvalue weighted by Crippen LogP contribution is -2.51. The fourth-order valence-corrected chi connectivity index (χ4v) is 1.69. The molecule has 2 atom stereocenters. The van der Waals surface area contributed by atoms with Crippen LogP contribution in [-0.4, -0.2) is 24.0 Å². The van der Waals surface area contributed by atoms with Crippen LogP contribution in [0, 0.1) is 5.92 Å². The van der Waals surface area contributed by atoms with Gasteiger partial charge in [-0.3, -0.25) is 4.79 Å². The lowest BCUT2D eigenvalue weighted by molar-refractivity contribution is -0.125. The minimum atomic E-state index is -0.0823. The predicted octanol–water partition coefficient (Wildman–Crippen LogP) is 1.29. The van der Waals surface area contributed by atoms with Crippen molar-refractivity contribution in [2.75, 3.05) is 6.54 Å². The molecule has 82 valence electrons. The largest absolute Gasteiger partial charge is 0.350 e. The van der Waals surface area contributed by atoms with Gasteiger partial charge >= 0.3 is 0 Å². The molecule has 2 N–H and O–H groups in total. The molecule has 0 aromatic heterocycles. The van der Waals surface area contributed by atoms with Crippen LogP contribution in [0.5, 0.6) is 0 Å². The molecule has 0 aromatic carbocycles. The maximum atomic E-state index is 11.9. The van der Waals surface area contributed by atoms with Gasteiger partial charge in [0.2, 0.25) is 5.91 Å². The van der Waals surface area contributed by atoms with Gasteiger partial charge in [0, 0.05) is 5.54 Å². The lowest BCUT2D eigenvalue weighted by atomic mass is 9.98. The van der Waals surface area contributed by atoms with Crippen LogP contribution >= 0.6 is 0 Å². The Morgan fingerprint density at radius 1 is 1.57 bits per heavy atom. The van der Waals surface area contributed by atoms with Gasteiger partial charge in [-0.15, -0.1) is 0 Å². The minimum Gasteiger partial charge on any atom is -0.350 e. The highest BCUT2D eigenvalue weighted by Gasteiger charge is 2.31. The van der Waals surface area contributed by atoms with Crippen molar-refractivity contribution in [3.63, 3.8) is 0 Å². The molecule has 0 bridgehead atoms. The van der Waals surface area contributed by atoms with Crippen molar-refractivity contribution in [1.82, 2.24) is 10.6 Å². The van der Waals surface area contributed by atoms with Crippen molar-refractivity contribution < 1.29 is 4.79 Å². The van der Waals surface area contributed by atoms with Crippen LogP contribution in [0.1, 0.15) is 40.5 Å². The van der Waals surface area contributed by atoms with Crippen molar-refractivity contribution >= 4 is 5.91 Å². The Labute approximate surface area is 86.6 Å². The second kappa shape index (κ2) is 4.30. The third-order valence-electron chi connectivity index (χ3n) is 3.16. The Bertz CT molecular complexity index is 213. The maximum absolute atomic E-state index is 11.9. The van der Waals surface area contributed by atoms with E-state index in [4.69, 9.17) is 0 Å². The first-order valence-electron chi connectivity index (χ1n) is 5.51. The molecule has 1 amide bonds. The molecule has 2 unspecified atom stereocenters. The molecule has 1 fully saturated rings. The lowest BCUT2D eigenvalue weighted by Gasteiger charge is -2.27. The standard InChI is InChI=1S/C11H22N2O/c1-5-11(3,4)13-10(14)9-8(2)6-7-12-9/h8-9,12H,5-7H2,1-4H3,(H,13,14). The van der Waals surface area contributed by atoms with Crippen molar-refractivity contribution in [2.45, 2.75) is 52.1 Å². The Balaban J connectivity index is 2.49. The zero-order valence-corrected chi connectivity index (χ0v) is 9.68. The zero-order valence-electron chi connectivity index (χ0n) is 9.68. The minimum absolute atomic E-state index is 0.0147. The summed E-state index contributed by atoms with van der Waals surface area (Å²) < 4.78 is 0. The quantitative estimate of drug-likeness (QED) is 0.717. The molecule has 14 heavy (non-hydrogen) atoms. The second-order valence-electron chi connectivity index (χ2n) is 4.92. The van der Waals surface area contributed by atoms with E-state index in [2.05, 4.69) is 38.3 Å². The molecule has 0 radical (unpaired) electrons. The summed E-state index contributed by atoms with van der Waals surface area (Å²) in [5, 5.41) is 6.32. The van der Waals surface area contributed by atoms with Gasteiger partial charge in [-0.05, 0) is 39.2 Å². The van der Waals surface area contributed by atoms with Crippen LogP contribution in [0.2, 0.25) is 0 Å². The zero-order chi connectivity index (χ0) is 10.8. The summed E-state index contributed by atoms with van der Waals surface area (Å²) in [6, 6.07) is 0.0147. The smallest absolute Gasteiger partial charge is 0.237 e. The van der Waals surface area contributed by atoms with Gasteiger partial charge in [0.25, 0.3) is 0 Å². The number of rotatable bonds is 3. The Morgan fingerprint density at radius 3 is 2.64 bits per heavy atom. The monoisotopic (exact) mass is 198 g/mol. The number of carbonyl (C=O) groups excluding carboxylic acids is 1. The molecule has 0 aromatic rings. The average molecular weight is 198 g/mol. The van der Waals surface area contributed by atoms with Crippen LogP contribution in [0.15, 0.2) is 0 Å². The van der Waals surface area contributed by atoms with E-state index in [-0.39, 0.29) is 17.5 Å². The van der Waals surface area contributed by atoms with Gasteiger partial charge in [0.1, 0.15) is 0 Å². The molecule has 0 saturated carbocycles. The number of amides is 1. The van der Waals surface area contributed by atoms with E-state index in [9.17, 15) is 4.79 Å². The van der Waals surface area contributed by atoms with E-state index < -0.39 is 0 Å². The second-order valence-corrected chi connectivity index (χ2v) is 4.92. The molecule has 0 aliphatic carbocycles. The van der Waals surface area contributed by atoms with Gasteiger partial charge < -0.3 is 10.6 Å². The summed E-state index contributed by atoms with van der Waals surface area (Å²) in [4.78, 5) is 11.9. The molecule has 1 heterocycles. The third kappa shape index (κ3) is 2.71. The number of hydrogen-bond acceptors (Lipinski definition) is 2. The van der Waals surface area contributed by atoms with E-state index in [1.807, 2.05) is 0 Å². The topological polar surface area (TPSA) is 41.1 Å². The molecular formula is C11H22N2O. The summed E-state index contributed by atoms with van der Waals surface area (Å²) in [5.74, 6) is 0.615. The van der Waals surface area contributed by atoms with Gasteiger partial charge in [-0.1, -0.05) is 13.8 Å².